The van der Waals surface area contributed by atoms with Crippen molar-refractivity contribution in [3.05, 3.63) is 65.2 Å². The van der Waals surface area contributed by atoms with Crippen molar-refractivity contribution in [2.24, 2.45) is 5.73 Å². The quantitative estimate of drug-likeness (QED) is 0.924. The summed E-state index contributed by atoms with van der Waals surface area (Å²) in [5.41, 5.74) is 7.70. The van der Waals surface area contributed by atoms with Crippen molar-refractivity contribution in [2.75, 3.05) is 0 Å². The molecule has 2 N–H and O–H groups in total. The van der Waals surface area contributed by atoms with Crippen molar-refractivity contribution in [3.8, 4) is 5.75 Å². The van der Waals surface area contributed by atoms with Crippen LogP contribution < -0.4 is 10.5 Å². The van der Waals surface area contributed by atoms with Crippen LogP contribution in [0.15, 0.2) is 42.5 Å². The van der Waals surface area contributed by atoms with Gasteiger partial charge in [-0.15, -0.1) is 0 Å². The third-order valence-corrected chi connectivity index (χ3v) is 3.16. The molecule has 0 aliphatic heterocycles. The highest BCUT2D eigenvalue weighted by molar-refractivity contribution is 5.30. The van der Waals surface area contributed by atoms with Gasteiger partial charge in [-0.2, -0.15) is 0 Å². The van der Waals surface area contributed by atoms with Crippen molar-refractivity contribution in [2.45, 2.75) is 26.0 Å². The number of nitrogens with two attached hydrogens (primary N) is 1. The number of hydrogen-bond donors (Lipinski definition) is 1. The van der Waals surface area contributed by atoms with Gasteiger partial charge < -0.3 is 10.5 Å². The van der Waals surface area contributed by atoms with Gasteiger partial charge in [0.2, 0.25) is 0 Å². The number of aryl methyl sites for hydroxylation is 1. The molecule has 0 saturated heterocycles. The van der Waals surface area contributed by atoms with Gasteiger partial charge in [-0.3, -0.25) is 0 Å². The predicted octanol–water partition coefficient (Wildman–Crippen LogP) is 3.74. The molecule has 106 valence electrons. The Morgan fingerprint density at radius 3 is 2.35 bits per heavy atom. The van der Waals surface area contributed by atoms with Crippen LogP contribution in [0.1, 0.15) is 24.1 Å². The molecule has 0 radical (unpaired) electrons. The molecule has 2 aromatic rings. The zero-order valence-electron chi connectivity index (χ0n) is 11.4. The van der Waals surface area contributed by atoms with Gasteiger partial charge in [0.15, 0.2) is 11.6 Å². The summed E-state index contributed by atoms with van der Waals surface area (Å²) in [6.07, 6.45) is -0.434. The molecule has 0 aliphatic rings. The normalized spacial score (nSPS) is 13.8. The molecule has 0 aliphatic carbocycles. The van der Waals surface area contributed by atoms with Gasteiger partial charge in [-0.05, 0) is 49.2 Å². The Kier molecular flexibility index (Phi) is 4.35. The highest BCUT2D eigenvalue weighted by atomic mass is 19.1. The van der Waals surface area contributed by atoms with Crippen LogP contribution in [0.2, 0.25) is 0 Å². The molecule has 0 spiro atoms. The molecule has 4 heteroatoms. The third-order valence-electron chi connectivity index (χ3n) is 3.16. The van der Waals surface area contributed by atoms with Gasteiger partial charge >= 0.3 is 0 Å². The molecule has 2 unspecified atom stereocenters. The smallest absolute Gasteiger partial charge is 0.165 e. The predicted molar refractivity (Wildman–Crippen MR) is 74.6 cm³/mol. The van der Waals surface area contributed by atoms with Crippen LogP contribution in [-0.2, 0) is 0 Å². The summed E-state index contributed by atoms with van der Waals surface area (Å²) < 4.78 is 32.1. The molecule has 0 saturated carbocycles. The average Bonchev–Trinajstić information content (AvgIpc) is 2.43. The topological polar surface area (TPSA) is 35.2 Å². The van der Waals surface area contributed by atoms with E-state index in [4.69, 9.17) is 10.5 Å². The minimum atomic E-state index is -0.462. The van der Waals surface area contributed by atoms with Gasteiger partial charge in [0.25, 0.3) is 0 Å². The van der Waals surface area contributed by atoms with E-state index >= 15 is 0 Å². The Bertz CT molecular complexity index is 584. The van der Waals surface area contributed by atoms with Crippen LogP contribution in [-0.4, -0.2) is 6.10 Å². The van der Waals surface area contributed by atoms with E-state index in [9.17, 15) is 8.78 Å². The molecule has 2 atom stereocenters. The highest BCUT2D eigenvalue weighted by Gasteiger charge is 2.18. The first-order valence-corrected chi connectivity index (χ1v) is 6.41. The maximum absolute atomic E-state index is 13.6. The van der Waals surface area contributed by atoms with E-state index in [2.05, 4.69) is 0 Å². The van der Waals surface area contributed by atoms with Crippen LogP contribution in [0.3, 0.4) is 0 Å². The molecule has 20 heavy (non-hydrogen) atoms. The van der Waals surface area contributed by atoms with E-state index in [1.165, 1.54) is 18.2 Å². The SMILES string of the molecule is Cc1ccc(F)c(OC(C)C(N)c2ccc(F)cc2)c1. The van der Waals surface area contributed by atoms with Gasteiger partial charge in [-0.1, -0.05) is 18.2 Å². The summed E-state index contributed by atoms with van der Waals surface area (Å²) in [6, 6.07) is 10.1. The molecular weight excluding hydrogens is 260 g/mol. The Morgan fingerprint density at radius 1 is 1.05 bits per heavy atom. The summed E-state index contributed by atoms with van der Waals surface area (Å²) in [7, 11) is 0. The fourth-order valence-electron chi connectivity index (χ4n) is 1.93. The minimum Gasteiger partial charge on any atom is -0.486 e. The van der Waals surface area contributed by atoms with Gasteiger partial charge in [0.05, 0.1) is 6.04 Å². The fraction of sp³-hybridized carbons (Fsp3) is 0.250. The Morgan fingerprint density at radius 2 is 1.70 bits per heavy atom. The second-order valence-electron chi connectivity index (χ2n) is 4.83. The van der Waals surface area contributed by atoms with Crippen molar-refractivity contribution < 1.29 is 13.5 Å². The number of benzene rings is 2. The largest absolute Gasteiger partial charge is 0.486 e. The third kappa shape index (κ3) is 3.33. The van der Waals surface area contributed by atoms with Crippen molar-refractivity contribution >= 4 is 0 Å². The fourth-order valence-corrected chi connectivity index (χ4v) is 1.93. The summed E-state index contributed by atoms with van der Waals surface area (Å²) in [6.45, 7) is 3.62. The maximum atomic E-state index is 13.6. The van der Waals surface area contributed by atoms with Crippen LogP contribution in [0.5, 0.6) is 5.75 Å². The molecule has 0 bridgehead atoms. The molecular formula is C16H17F2NO. The Hall–Kier alpha value is -1.94. The van der Waals surface area contributed by atoms with Gasteiger partial charge in [-0.25, -0.2) is 8.78 Å². The molecule has 0 amide bonds. The van der Waals surface area contributed by atoms with Crippen LogP contribution >= 0.6 is 0 Å². The molecule has 2 nitrogen and oxygen atoms in total. The van der Waals surface area contributed by atoms with E-state index in [-0.39, 0.29) is 11.6 Å². The molecule has 0 heterocycles. The first kappa shape index (κ1) is 14.5. The lowest BCUT2D eigenvalue weighted by Gasteiger charge is -2.22. The standard InChI is InChI=1S/C16H17F2NO/c1-10-3-8-14(18)15(9-10)20-11(2)16(19)12-4-6-13(17)7-5-12/h3-9,11,16H,19H2,1-2H3. The van der Waals surface area contributed by atoms with Crippen molar-refractivity contribution in [1.82, 2.24) is 0 Å². The van der Waals surface area contributed by atoms with E-state index in [1.54, 1.807) is 31.2 Å². The first-order valence-electron chi connectivity index (χ1n) is 6.41. The maximum Gasteiger partial charge on any atom is 0.165 e. The van der Waals surface area contributed by atoms with Crippen LogP contribution in [0.4, 0.5) is 8.78 Å². The number of hydrogen-bond acceptors (Lipinski definition) is 2. The zero-order chi connectivity index (χ0) is 14.7. The molecule has 0 fully saturated rings. The lowest BCUT2D eigenvalue weighted by molar-refractivity contribution is 0.182. The molecule has 2 aromatic carbocycles. The van der Waals surface area contributed by atoms with Gasteiger partial charge in [0, 0.05) is 0 Å². The van der Waals surface area contributed by atoms with E-state index < -0.39 is 18.0 Å². The van der Waals surface area contributed by atoms with Crippen LogP contribution in [0, 0.1) is 18.6 Å². The first-order chi connectivity index (χ1) is 9.47. The van der Waals surface area contributed by atoms with E-state index in [0.717, 1.165) is 11.1 Å². The zero-order valence-corrected chi connectivity index (χ0v) is 11.4. The van der Waals surface area contributed by atoms with E-state index in [0.29, 0.717) is 0 Å². The summed E-state index contributed by atoms with van der Waals surface area (Å²) in [5, 5.41) is 0. The number of ether oxygens (including phenoxy) is 1. The lowest BCUT2D eigenvalue weighted by atomic mass is 10.0. The Labute approximate surface area is 117 Å². The Balaban J connectivity index is 2.13. The summed E-state index contributed by atoms with van der Waals surface area (Å²) in [5.74, 6) is -0.567. The van der Waals surface area contributed by atoms with Gasteiger partial charge in [0.1, 0.15) is 11.9 Å². The van der Waals surface area contributed by atoms with E-state index in [1.807, 2.05) is 6.92 Å². The monoisotopic (exact) mass is 277 g/mol. The van der Waals surface area contributed by atoms with Crippen LogP contribution in [0.25, 0.3) is 0 Å². The second-order valence-corrected chi connectivity index (χ2v) is 4.83. The van der Waals surface area contributed by atoms with Crippen molar-refractivity contribution in [3.63, 3.8) is 0 Å². The molecule has 0 aromatic heterocycles. The number of halogens is 2. The lowest BCUT2D eigenvalue weighted by Crippen LogP contribution is -2.29. The summed E-state index contributed by atoms with van der Waals surface area (Å²) in [4.78, 5) is 0. The minimum absolute atomic E-state index is 0.176. The molecule has 2 rings (SSSR count). The summed E-state index contributed by atoms with van der Waals surface area (Å²) >= 11 is 0. The average molecular weight is 277 g/mol. The highest BCUT2D eigenvalue weighted by Crippen LogP contribution is 2.24. The second kappa shape index (κ2) is 6.01. The number of rotatable bonds is 4. The van der Waals surface area contributed by atoms with Crippen molar-refractivity contribution in [1.29, 1.82) is 0 Å².